The van der Waals surface area contributed by atoms with Crippen LogP contribution in [0.15, 0.2) is 23.7 Å². The van der Waals surface area contributed by atoms with E-state index in [-0.39, 0.29) is 11.8 Å². The number of aromatic nitrogens is 2. The fourth-order valence-corrected chi connectivity index (χ4v) is 2.30. The van der Waals surface area contributed by atoms with Gasteiger partial charge in [0, 0.05) is 11.4 Å². The van der Waals surface area contributed by atoms with Crippen molar-refractivity contribution in [2.75, 3.05) is 16.9 Å². The van der Waals surface area contributed by atoms with E-state index < -0.39 is 5.82 Å². The van der Waals surface area contributed by atoms with Crippen molar-refractivity contribution in [3.63, 3.8) is 0 Å². The Morgan fingerprint density at radius 2 is 2.39 bits per heavy atom. The van der Waals surface area contributed by atoms with E-state index in [0.717, 1.165) is 11.1 Å². The Kier molecular flexibility index (Phi) is 4.06. The maximum atomic E-state index is 13.7. The number of hydrazine groups is 1. The normalized spacial score (nSPS) is 10.4. The highest BCUT2D eigenvalue weighted by Crippen LogP contribution is 2.21. The zero-order valence-corrected chi connectivity index (χ0v) is 10.7. The van der Waals surface area contributed by atoms with Gasteiger partial charge in [0.15, 0.2) is 11.6 Å². The summed E-state index contributed by atoms with van der Waals surface area (Å²) < 4.78 is 13.7. The molecule has 96 valence electrons. The zero-order chi connectivity index (χ0) is 13.0. The molecule has 18 heavy (non-hydrogen) atoms. The highest BCUT2D eigenvalue weighted by atomic mass is 32.1. The number of thiophene rings is 1. The lowest BCUT2D eigenvalue weighted by atomic mass is 10.4. The molecule has 0 atom stereocenters. The topological polar surface area (TPSA) is 67.1 Å². The summed E-state index contributed by atoms with van der Waals surface area (Å²) in [5.41, 5.74) is 2.32. The summed E-state index contributed by atoms with van der Waals surface area (Å²) >= 11 is 1.63. The van der Waals surface area contributed by atoms with E-state index in [4.69, 9.17) is 5.84 Å². The van der Waals surface area contributed by atoms with Crippen LogP contribution in [-0.2, 0) is 6.54 Å². The van der Waals surface area contributed by atoms with Crippen LogP contribution in [0.4, 0.5) is 16.2 Å². The third-order valence-electron chi connectivity index (χ3n) is 2.46. The first-order chi connectivity index (χ1) is 8.74. The van der Waals surface area contributed by atoms with Crippen molar-refractivity contribution in [1.29, 1.82) is 0 Å². The molecule has 0 fully saturated rings. The first-order valence-corrected chi connectivity index (χ1v) is 6.39. The second-order valence-electron chi connectivity index (χ2n) is 3.60. The van der Waals surface area contributed by atoms with Gasteiger partial charge in [-0.1, -0.05) is 6.07 Å². The van der Waals surface area contributed by atoms with Gasteiger partial charge >= 0.3 is 0 Å². The summed E-state index contributed by atoms with van der Waals surface area (Å²) in [6.07, 6.45) is 1.12. The van der Waals surface area contributed by atoms with Crippen molar-refractivity contribution in [3.05, 3.63) is 34.4 Å². The monoisotopic (exact) mass is 267 g/mol. The summed E-state index contributed by atoms with van der Waals surface area (Å²) in [6, 6.07) is 3.98. The molecule has 2 rings (SSSR count). The molecule has 0 aliphatic heterocycles. The number of nitrogens with two attached hydrogens (primary N) is 1. The number of hydrogen-bond donors (Lipinski definition) is 2. The number of halogens is 1. The summed E-state index contributed by atoms with van der Waals surface area (Å²) in [6.45, 7) is 3.21. The molecular weight excluding hydrogens is 253 g/mol. The Morgan fingerprint density at radius 1 is 1.56 bits per heavy atom. The van der Waals surface area contributed by atoms with Crippen LogP contribution in [0.3, 0.4) is 0 Å². The zero-order valence-electron chi connectivity index (χ0n) is 9.93. The minimum Gasteiger partial charge on any atom is -0.349 e. The largest absolute Gasteiger partial charge is 0.349 e. The predicted octanol–water partition coefficient (Wildman–Crippen LogP) is 1.99. The molecule has 0 saturated carbocycles. The van der Waals surface area contributed by atoms with Gasteiger partial charge in [0.1, 0.15) is 0 Å². The maximum absolute atomic E-state index is 13.7. The molecule has 2 heterocycles. The van der Waals surface area contributed by atoms with Gasteiger partial charge in [0.2, 0.25) is 5.95 Å². The average molecular weight is 267 g/mol. The number of anilines is 2. The molecule has 0 saturated heterocycles. The van der Waals surface area contributed by atoms with E-state index in [1.807, 2.05) is 29.3 Å². The van der Waals surface area contributed by atoms with Crippen molar-refractivity contribution in [2.45, 2.75) is 13.5 Å². The van der Waals surface area contributed by atoms with Gasteiger partial charge < -0.3 is 4.90 Å². The molecular formula is C11H14FN5S. The van der Waals surface area contributed by atoms with Crippen LogP contribution >= 0.6 is 11.3 Å². The van der Waals surface area contributed by atoms with Crippen LogP contribution in [0.2, 0.25) is 0 Å². The van der Waals surface area contributed by atoms with E-state index in [1.54, 1.807) is 11.3 Å². The third kappa shape index (κ3) is 2.74. The van der Waals surface area contributed by atoms with Crippen molar-refractivity contribution in [2.24, 2.45) is 5.84 Å². The number of nitrogens with one attached hydrogen (secondary N) is 1. The van der Waals surface area contributed by atoms with Crippen molar-refractivity contribution in [1.82, 2.24) is 9.97 Å². The van der Waals surface area contributed by atoms with E-state index in [2.05, 4.69) is 15.4 Å². The van der Waals surface area contributed by atoms with Crippen LogP contribution in [0.5, 0.6) is 0 Å². The fraction of sp³-hybridized carbons (Fsp3) is 0.273. The number of nitrogen functional groups attached to an aromatic ring is 1. The standard InChI is InChI=1S/C11H14FN5S/c1-2-17(7-8-4-3-5-18-8)10-9(12)6-14-11(15-10)16-13/h3-6H,2,7,13H2,1H3,(H,14,15,16). The molecule has 0 amide bonds. The Morgan fingerprint density at radius 3 is 3.00 bits per heavy atom. The number of nitrogens with zero attached hydrogens (tertiary/aromatic N) is 3. The summed E-state index contributed by atoms with van der Waals surface area (Å²) in [5.74, 6) is 5.24. The Balaban J connectivity index is 2.26. The van der Waals surface area contributed by atoms with Gasteiger partial charge in [-0.05, 0) is 18.4 Å². The van der Waals surface area contributed by atoms with Crippen molar-refractivity contribution in [3.8, 4) is 0 Å². The lowest BCUT2D eigenvalue weighted by molar-refractivity contribution is 0.603. The molecule has 0 unspecified atom stereocenters. The second kappa shape index (κ2) is 5.74. The second-order valence-corrected chi connectivity index (χ2v) is 4.64. The summed E-state index contributed by atoms with van der Waals surface area (Å²) in [5, 5.41) is 1.99. The van der Waals surface area contributed by atoms with Gasteiger partial charge in [-0.2, -0.15) is 4.98 Å². The van der Waals surface area contributed by atoms with Crippen molar-refractivity contribution >= 4 is 23.1 Å². The minimum atomic E-state index is -0.451. The molecule has 2 aromatic rings. The highest BCUT2D eigenvalue weighted by Gasteiger charge is 2.14. The molecule has 0 aromatic carbocycles. The SMILES string of the molecule is CCN(Cc1cccs1)c1nc(NN)ncc1F. The summed E-state index contributed by atoms with van der Waals surface area (Å²) in [4.78, 5) is 10.8. The first-order valence-electron chi connectivity index (χ1n) is 5.51. The molecule has 2 aromatic heterocycles. The number of hydrogen-bond acceptors (Lipinski definition) is 6. The minimum absolute atomic E-state index is 0.205. The van der Waals surface area contributed by atoms with Crippen LogP contribution in [0, 0.1) is 5.82 Å². The smallest absolute Gasteiger partial charge is 0.239 e. The quantitative estimate of drug-likeness (QED) is 0.640. The van der Waals surface area contributed by atoms with Crippen molar-refractivity contribution < 1.29 is 4.39 Å². The van der Waals surface area contributed by atoms with Crippen LogP contribution in [-0.4, -0.2) is 16.5 Å². The van der Waals surface area contributed by atoms with E-state index in [0.29, 0.717) is 13.1 Å². The molecule has 0 aliphatic rings. The van der Waals surface area contributed by atoms with Gasteiger partial charge in [-0.25, -0.2) is 15.2 Å². The van der Waals surface area contributed by atoms with Gasteiger partial charge in [-0.15, -0.1) is 11.3 Å². The van der Waals surface area contributed by atoms with Crippen LogP contribution in [0.1, 0.15) is 11.8 Å². The predicted molar refractivity (Wildman–Crippen MR) is 70.8 cm³/mol. The first kappa shape index (κ1) is 12.7. The highest BCUT2D eigenvalue weighted by molar-refractivity contribution is 7.09. The van der Waals surface area contributed by atoms with E-state index >= 15 is 0 Å². The maximum Gasteiger partial charge on any atom is 0.239 e. The molecule has 5 nitrogen and oxygen atoms in total. The van der Waals surface area contributed by atoms with Gasteiger partial charge in [0.25, 0.3) is 0 Å². The Labute approximate surface area is 108 Å². The number of rotatable bonds is 5. The molecule has 0 spiro atoms. The van der Waals surface area contributed by atoms with Crippen LogP contribution < -0.4 is 16.2 Å². The Bertz CT molecular complexity index is 502. The van der Waals surface area contributed by atoms with E-state index in [1.165, 1.54) is 0 Å². The molecule has 0 aliphatic carbocycles. The summed E-state index contributed by atoms with van der Waals surface area (Å²) in [7, 11) is 0. The molecule has 0 radical (unpaired) electrons. The molecule has 7 heteroatoms. The van der Waals surface area contributed by atoms with Gasteiger partial charge in [0.05, 0.1) is 12.7 Å². The molecule has 0 bridgehead atoms. The average Bonchev–Trinajstić information content (AvgIpc) is 2.90. The van der Waals surface area contributed by atoms with E-state index in [9.17, 15) is 4.39 Å². The molecule has 3 N–H and O–H groups in total. The third-order valence-corrected chi connectivity index (χ3v) is 3.32. The van der Waals surface area contributed by atoms with Crippen LogP contribution in [0.25, 0.3) is 0 Å². The lowest BCUT2D eigenvalue weighted by Gasteiger charge is -2.21. The Hall–Kier alpha value is -1.73. The lowest BCUT2D eigenvalue weighted by Crippen LogP contribution is -2.25. The fourth-order valence-electron chi connectivity index (χ4n) is 1.58. The van der Waals surface area contributed by atoms with Gasteiger partial charge in [-0.3, -0.25) is 5.43 Å².